The number of hydrogen-bond acceptors (Lipinski definition) is 3. The van der Waals surface area contributed by atoms with Gasteiger partial charge in [0.2, 0.25) is 0 Å². The van der Waals surface area contributed by atoms with Crippen LogP contribution in [-0.2, 0) is 6.42 Å². The lowest BCUT2D eigenvalue weighted by atomic mass is 10.1. The van der Waals surface area contributed by atoms with E-state index in [1.54, 1.807) is 18.5 Å². The topological polar surface area (TPSA) is 54.7 Å². The van der Waals surface area contributed by atoms with E-state index in [2.05, 4.69) is 9.97 Å². The van der Waals surface area contributed by atoms with Crippen molar-refractivity contribution in [2.24, 2.45) is 5.73 Å². The van der Waals surface area contributed by atoms with Gasteiger partial charge >= 0.3 is 0 Å². The zero-order chi connectivity index (χ0) is 11.4. The molecule has 2 rings (SSSR count). The van der Waals surface area contributed by atoms with E-state index in [1.165, 1.54) is 23.9 Å². The summed E-state index contributed by atoms with van der Waals surface area (Å²) in [5.74, 6) is -0.229. The summed E-state index contributed by atoms with van der Waals surface area (Å²) in [6.45, 7) is 0.509. The third-order valence-electron chi connectivity index (χ3n) is 2.12. The number of aromatic nitrogens is 2. The molecule has 0 spiro atoms. The zero-order valence-corrected chi connectivity index (χ0v) is 9.43. The van der Waals surface area contributed by atoms with Gasteiger partial charge < -0.3 is 10.7 Å². The molecule has 3 nitrogen and oxygen atoms in total. The Hall–Kier alpha value is -1.33. The van der Waals surface area contributed by atoms with Crippen LogP contribution in [0.15, 0.2) is 40.6 Å². The van der Waals surface area contributed by atoms with Gasteiger partial charge in [-0.1, -0.05) is 11.8 Å². The molecule has 0 unspecified atom stereocenters. The van der Waals surface area contributed by atoms with Crippen molar-refractivity contribution >= 4 is 11.8 Å². The number of aromatic amines is 1. The summed E-state index contributed by atoms with van der Waals surface area (Å²) < 4.78 is 13.1. The van der Waals surface area contributed by atoms with Gasteiger partial charge in [0, 0.05) is 17.3 Å². The average Bonchev–Trinajstić information content (AvgIpc) is 2.75. The maximum absolute atomic E-state index is 13.1. The Morgan fingerprint density at radius 2 is 2.31 bits per heavy atom. The highest BCUT2D eigenvalue weighted by Gasteiger charge is 2.06. The molecule has 84 valence electrons. The van der Waals surface area contributed by atoms with Crippen LogP contribution in [0.1, 0.15) is 5.56 Å². The van der Waals surface area contributed by atoms with Crippen LogP contribution in [0.5, 0.6) is 0 Å². The van der Waals surface area contributed by atoms with Crippen molar-refractivity contribution in [3.05, 3.63) is 42.0 Å². The lowest BCUT2D eigenvalue weighted by Crippen LogP contribution is -2.04. The Morgan fingerprint density at radius 1 is 1.44 bits per heavy atom. The van der Waals surface area contributed by atoms with E-state index < -0.39 is 0 Å². The number of nitrogens with one attached hydrogen (secondary N) is 1. The van der Waals surface area contributed by atoms with Crippen LogP contribution in [-0.4, -0.2) is 16.5 Å². The zero-order valence-electron chi connectivity index (χ0n) is 8.61. The number of benzene rings is 1. The van der Waals surface area contributed by atoms with Crippen LogP contribution in [0.3, 0.4) is 0 Å². The van der Waals surface area contributed by atoms with Crippen molar-refractivity contribution in [3.63, 3.8) is 0 Å². The van der Waals surface area contributed by atoms with E-state index in [-0.39, 0.29) is 5.82 Å². The molecule has 0 radical (unpaired) electrons. The molecule has 0 fully saturated rings. The van der Waals surface area contributed by atoms with Crippen molar-refractivity contribution in [2.75, 3.05) is 6.54 Å². The van der Waals surface area contributed by atoms with Crippen molar-refractivity contribution in [2.45, 2.75) is 16.5 Å². The van der Waals surface area contributed by atoms with E-state index in [0.717, 1.165) is 15.6 Å². The second kappa shape index (κ2) is 5.14. The van der Waals surface area contributed by atoms with Crippen molar-refractivity contribution in [1.82, 2.24) is 9.97 Å². The van der Waals surface area contributed by atoms with Crippen LogP contribution in [0, 0.1) is 5.82 Å². The maximum atomic E-state index is 13.1. The smallest absolute Gasteiger partial charge is 0.170 e. The van der Waals surface area contributed by atoms with Gasteiger partial charge in [-0.05, 0) is 36.7 Å². The predicted molar refractivity (Wildman–Crippen MR) is 61.9 cm³/mol. The molecule has 0 saturated heterocycles. The Morgan fingerprint density at radius 3 is 3.00 bits per heavy atom. The van der Waals surface area contributed by atoms with Gasteiger partial charge in [0.15, 0.2) is 5.16 Å². The number of nitrogens with zero attached hydrogens (tertiary/aromatic N) is 1. The van der Waals surface area contributed by atoms with Gasteiger partial charge in [-0.15, -0.1) is 0 Å². The van der Waals surface area contributed by atoms with Crippen LogP contribution >= 0.6 is 11.8 Å². The molecular formula is C11H12FN3S. The number of imidazole rings is 1. The van der Waals surface area contributed by atoms with Crippen molar-refractivity contribution in [3.8, 4) is 0 Å². The van der Waals surface area contributed by atoms with Crippen LogP contribution in [0.4, 0.5) is 4.39 Å². The minimum Gasteiger partial charge on any atom is -0.339 e. The fourth-order valence-corrected chi connectivity index (χ4v) is 2.29. The highest BCUT2D eigenvalue weighted by Crippen LogP contribution is 2.28. The van der Waals surface area contributed by atoms with E-state index in [9.17, 15) is 4.39 Å². The lowest BCUT2D eigenvalue weighted by Gasteiger charge is -2.06. The molecule has 16 heavy (non-hydrogen) atoms. The summed E-state index contributed by atoms with van der Waals surface area (Å²) >= 11 is 1.48. The van der Waals surface area contributed by atoms with E-state index >= 15 is 0 Å². The number of hydrogen-bond donors (Lipinski definition) is 2. The first-order chi connectivity index (χ1) is 7.79. The van der Waals surface area contributed by atoms with Crippen LogP contribution in [0.2, 0.25) is 0 Å². The van der Waals surface area contributed by atoms with E-state index in [1.807, 2.05) is 0 Å². The van der Waals surface area contributed by atoms with Gasteiger partial charge in [0.05, 0.1) is 0 Å². The Bertz CT molecular complexity index is 456. The van der Waals surface area contributed by atoms with Crippen LogP contribution < -0.4 is 5.73 Å². The summed E-state index contributed by atoms with van der Waals surface area (Å²) in [5.41, 5.74) is 6.42. The summed E-state index contributed by atoms with van der Waals surface area (Å²) in [4.78, 5) is 8.10. The quantitative estimate of drug-likeness (QED) is 0.857. The normalized spacial score (nSPS) is 10.6. The summed E-state index contributed by atoms with van der Waals surface area (Å²) in [7, 11) is 0. The van der Waals surface area contributed by atoms with Gasteiger partial charge in [-0.2, -0.15) is 0 Å². The van der Waals surface area contributed by atoms with E-state index in [4.69, 9.17) is 5.73 Å². The Balaban J connectivity index is 2.25. The van der Waals surface area contributed by atoms with Gasteiger partial charge in [0.25, 0.3) is 0 Å². The molecule has 0 aliphatic rings. The molecule has 0 aliphatic heterocycles. The third-order valence-corrected chi connectivity index (χ3v) is 3.15. The average molecular weight is 237 g/mol. The van der Waals surface area contributed by atoms with Crippen molar-refractivity contribution < 1.29 is 4.39 Å². The van der Waals surface area contributed by atoms with Gasteiger partial charge in [0.1, 0.15) is 5.82 Å². The third kappa shape index (κ3) is 2.62. The molecule has 1 aromatic heterocycles. The van der Waals surface area contributed by atoms with E-state index in [0.29, 0.717) is 13.0 Å². The number of halogens is 1. The summed E-state index contributed by atoms with van der Waals surface area (Å²) in [5, 5.41) is 0.796. The summed E-state index contributed by atoms with van der Waals surface area (Å²) in [6.07, 6.45) is 4.11. The second-order valence-electron chi connectivity index (χ2n) is 3.29. The number of rotatable bonds is 4. The molecule has 3 N–H and O–H groups in total. The minimum atomic E-state index is -0.229. The maximum Gasteiger partial charge on any atom is 0.170 e. The lowest BCUT2D eigenvalue weighted by molar-refractivity contribution is 0.623. The molecule has 1 aromatic carbocycles. The fraction of sp³-hybridized carbons (Fsp3) is 0.182. The Kier molecular flexibility index (Phi) is 3.58. The first-order valence-electron chi connectivity index (χ1n) is 4.95. The first-order valence-corrected chi connectivity index (χ1v) is 5.77. The standard InChI is InChI=1S/C11H12FN3S/c12-9-1-2-10(8(7-9)3-4-13)16-11-14-5-6-15-11/h1-2,5-7H,3-4,13H2,(H,14,15). The highest BCUT2D eigenvalue weighted by atomic mass is 32.2. The summed E-state index contributed by atoms with van der Waals surface area (Å²) in [6, 6.07) is 4.73. The largest absolute Gasteiger partial charge is 0.339 e. The Labute approximate surface area is 97.3 Å². The molecule has 0 aliphatic carbocycles. The SMILES string of the molecule is NCCc1cc(F)ccc1Sc1ncc[nH]1. The number of nitrogens with two attached hydrogens (primary N) is 1. The fourth-order valence-electron chi connectivity index (χ4n) is 1.41. The molecule has 0 atom stereocenters. The molecule has 0 saturated carbocycles. The van der Waals surface area contributed by atoms with Crippen LogP contribution in [0.25, 0.3) is 0 Å². The number of H-pyrrole nitrogens is 1. The molecule has 0 bridgehead atoms. The molecule has 1 heterocycles. The second-order valence-corrected chi connectivity index (χ2v) is 4.32. The van der Waals surface area contributed by atoms with Gasteiger partial charge in [-0.25, -0.2) is 9.37 Å². The molecule has 2 aromatic rings. The first kappa shape index (κ1) is 11.2. The molecule has 5 heteroatoms. The molecular weight excluding hydrogens is 225 g/mol. The molecule has 0 amide bonds. The van der Waals surface area contributed by atoms with Gasteiger partial charge in [-0.3, -0.25) is 0 Å². The highest BCUT2D eigenvalue weighted by molar-refractivity contribution is 7.99. The monoisotopic (exact) mass is 237 g/mol. The predicted octanol–water partition coefficient (Wildman–Crippen LogP) is 2.20. The minimum absolute atomic E-state index is 0.229. The van der Waals surface area contributed by atoms with Crippen molar-refractivity contribution in [1.29, 1.82) is 0 Å².